The number of carbonyl (C=O) groups excluding carboxylic acids is 1. The molecule has 0 aliphatic heterocycles. The molecule has 2 aromatic rings. The van der Waals surface area contributed by atoms with Gasteiger partial charge in [-0.05, 0) is 85.3 Å². The lowest BCUT2D eigenvalue weighted by Crippen LogP contribution is -2.43. The molecule has 0 amide bonds. The summed E-state index contributed by atoms with van der Waals surface area (Å²) in [5.41, 5.74) is 11.1. The topological polar surface area (TPSA) is 57.2 Å². The van der Waals surface area contributed by atoms with Crippen molar-refractivity contribution in [3.05, 3.63) is 50.2 Å². The van der Waals surface area contributed by atoms with Gasteiger partial charge < -0.3 is 15.0 Å². The van der Waals surface area contributed by atoms with Crippen LogP contribution in [0.2, 0.25) is 5.02 Å². The van der Waals surface area contributed by atoms with E-state index in [0.29, 0.717) is 11.6 Å². The van der Waals surface area contributed by atoms with Crippen molar-refractivity contribution in [2.45, 2.75) is 52.0 Å². The molecule has 4 nitrogen and oxygen atoms in total. The van der Waals surface area contributed by atoms with Gasteiger partial charge in [-0.3, -0.25) is 4.79 Å². The first kappa shape index (κ1) is 19.5. The van der Waals surface area contributed by atoms with Crippen molar-refractivity contribution < 1.29 is 9.53 Å². The molecule has 140 valence electrons. The van der Waals surface area contributed by atoms with E-state index < -0.39 is 5.54 Å². The highest BCUT2D eigenvalue weighted by atomic mass is 79.9. The predicted octanol–water partition coefficient (Wildman–Crippen LogP) is 4.95. The zero-order valence-electron chi connectivity index (χ0n) is 15.4. The van der Waals surface area contributed by atoms with Crippen molar-refractivity contribution in [2.24, 2.45) is 5.73 Å². The molecule has 0 bridgehead atoms. The van der Waals surface area contributed by atoms with Crippen molar-refractivity contribution >= 4 is 33.5 Å². The van der Waals surface area contributed by atoms with Crippen LogP contribution >= 0.6 is 27.5 Å². The molecule has 6 heteroatoms. The highest BCUT2D eigenvalue weighted by Crippen LogP contribution is 2.46. The quantitative estimate of drug-likeness (QED) is 0.685. The Labute approximate surface area is 167 Å². The number of aromatic nitrogens is 1. The second-order valence-corrected chi connectivity index (χ2v) is 8.19. The average molecular weight is 440 g/mol. The van der Waals surface area contributed by atoms with Gasteiger partial charge in [0, 0.05) is 20.9 Å². The summed E-state index contributed by atoms with van der Waals surface area (Å²) in [5.74, 6) is -0.274. The number of ether oxygens (including phenoxy) is 1. The van der Waals surface area contributed by atoms with Gasteiger partial charge in [0.1, 0.15) is 0 Å². The number of halogens is 2. The Hall–Kier alpha value is -1.30. The Morgan fingerprint density at radius 1 is 1.38 bits per heavy atom. The lowest BCUT2D eigenvalue weighted by molar-refractivity contribution is -0.144. The highest BCUT2D eigenvalue weighted by Gasteiger charge is 2.39. The monoisotopic (exact) mass is 438 g/mol. The molecule has 1 heterocycles. The van der Waals surface area contributed by atoms with E-state index in [0.717, 1.165) is 51.9 Å². The lowest BCUT2D eigenvalue weighted by Gasteiger charge is -2.37. The molecular weight excluding hydrogens is 416 g/mol. The summed E-state index contributed by atoms with van der Waals surface area (Å²) in [4.78, 5) is 12.2. The first-order valence-corrected chi connectivity index (χ1v) is 10.1. The molecule has 26 heavy (non-hydrogen) atoms. The predicted molar refractivity (Wildman–Crippen MR) is 108 cm³/mol. The van der Waals surface area contributed by atoms with E-state index in [1.165, 1.54) is 0 Å². The SMILES string of the molecule is CCOC(=O)CC1(N)CCCc2c(Cl)cc(-n3c(C)ccc3C)c(Br)c21. The van der Waals surface area contributed by atoms with E-state index in [4.69, 9.17) is 22.1 Å². The smallest absolute Gasteiger partial charge is 0.307 e. The van der Waals surface area contributed by atoms with Crippen LogP contribution in [0.5, 0.6) is 0 Å². The number of nitrogens with zero attached hydrogens (tertiary/aromatic N) is 1. The molecule has 1 aromatic heterocycles. The number of hydrogen-bond acceptors (Lipinski definition) is 3. The van der Waals surface area contributed by atoms with E-state index in [2.05, 4.69) is 46.5 Å². The average Bonchev–Trinajstić information content (AvgIpc) is 2.89. The van der Waals surface area contributed by atoms with E-state index in [1.54, 1.807) is 6.92 Å². The van der Waals surface area contributed by atoms with Crippen LogP contribution in [0.15, 0.2) is 22.7 Å². The fourth-order valence-corrected chi connectivity index (χ4v) is 5.20. The molecule has 3 rings (SSSR count). The summed E-state index contributed by atoms with van der Waals surface area (Å²) in [5, 5.41) is 0.698. The van der Waals surface area contributed by atoms with Gasteiger partial charge in [0.15, 0.2) is 0 Å². The third-order valence-corrected chi connectivity index (χ3v) is 6.26. The highest BCUT2D eigenvalue weighted by molar-refractivity contribution is 9.10. The van der Waals surface area contributed by atoms with Crippen LogP contribution in [0.25, 0.3) is 5.69 Å². The van der Waals surface area contributed by atoms with Crippen molar-refractivity contribution in [3.8, 4) is 5.69 Å². The van der Waals surface area contributed by atoms with Crippen LogP contribution in [0.3, 0.4) is 0 Å². The second-order valence-electron chi connectivity index (χ2n) is 6.99. The van der Waals surface area contributed by atoms with Gasteiger partial charge in [-0.25, -0.2) is 0 Å². The minimum atomic E-state index is -0.784. The van der Waals surface area contributed by atoms with Crippen LogP contribution in [-0.2, 0) is 21.5 Å². The summed E-state index contributed by atoms with van der Waals surface area (Å²) in [6.07, 6.45) is 2.63. The molecular formula is C20H24BrClN2O2. The summed E-state index contributed by atoms with van der Waals surface area (Å²) in [7, 11) is 0. The Morgan fingerprint density at radius 2 is 2.04 bits per heavy atom. The van der Waals surface area contributed by atoms with E-state index in [1.807, 2.05) is 6.07 Å². The minimum Gasteiger partial charge on any atom is -0.466 e. The first-order valence-electron chi connectivity index (χ1n) is 8.89. The number of hydrogen-bond donors (Lipinski definition) is 1. The Kier molecular flexibility index (Phi) is 5.52. The molecule has 2 N–H and O–H groups in total. The van der Waals surface area contributed by atoms with E-state index >= 15 is 0 Å². The fraction of sp³-hybridized carbons (Fsp3) is 0.450. The van der Waals surface area contributed by atoms with Crippen molar-refractivity contribution in [3.63, 3.8) is 0 Å². The molecule has 0 spiro atoms. The van der Waals surface area contributed by atoms with E-state index in [-0.39, 0.29) is 12.4 Å². The third-order valence-electron chi connectivity index (χ3n) is 5.12. The van der Waals surface area contributed by atoms with Gasteiger partial charge in [-0.2, -0.15) is 0 Å². The second kappa shape index (κ2) is 7.37. The fourth-order valence-electron chi connectivity index (χ4n) is 3.98. The van der Waals surface area contributed by atoms with Crippen molar-refractivity contribution in [1.82, 2.24) is 4.57 Å². The zero-order chi connectivity index (χ0) is 19.1. The van der Waals surface area contributed by atoms with Crippen LogP contribution in [-0.4, -0.2) is 17.1 Å². The number of carbonyl (C=O) groups is 1. The lowest BCUT2D eigenvalue weighted by atomic mass is 9.75. The Bertz CT molecular complexity index is 842. The largest absolute Gasteiger partial charge is 0.466 e. The maximum Gasteiger partial charge on any atom is 0.307 e. The molecule has 1 aromatic carbocycles. The summed E-state index contributed by atoms with van der Waals surface area (Å²) >= 11 is 10.4. The van der Waals surface area contributed by atoms with Gasteiger partial charge in [0.05, 0.1) is 24.3 Å². The van der Waals surface area contributed by atoms with Crippen molar-refractivity contribution in [1.29, 1.82) is 0 Å². The van der Waals surface area contributed by atoms with Gasteiger partial charge in [-0.15, -0.1) is 0 Å². The van der Waals surface area contributed by atoms with Crippen molar-refractivity contribution in [2.75, 3.05) is 6.61 Å². The van der Waals surface area contributed by atoms with Crippen LogP contribution in [0, 0.1) is 13.8 Å². The maximum atomic E-state index is 12.2. The molecule has 1 aliphatic rings. The maximum absolute atomic E-state index is 12.2. The summed E-state index contributed by atoms with van der Waals surface area (Å²) in [6, 6.07) is 6.13. The number of esters is 1. The molecule has 0 saturated heterocycles. The van der Waals surface area contributed by atoms with Crippen LogP contribution in [0.4, 0.5) is 0 Å². The molecule has 1 unspecified atom stereocenters. The van der Waals surface area contributed by atoms with Gasteiger partial charge in [0.25, 0.3) is 0 Å². The number of fused-ring (bicyclic) bond motifs is 1. The van der Waals surface area contributed by atoms with Crippen LogP contribution in [0.1, 0.15) is 48.7 Å². The molecule has 0 fully saturated rings. The Morgan fingerprint density at radius 3 is 2.65 bits per heavy atom. The molecule has 0 saturated carbocycles. The third kappa shape index (κ3) is 3.32. The summed E-state index contributed by atoms with van der Waals surface area (Å²) < 4.78 is 8.22. The van der Waals surface area contributed by atoms with Gasteiger partial charge in [-0.1, -0.05) is 11.6 Å². The molecule has 0 radical (unpaired) electrons. The number of benzene rings is 1. The zero-order valence-corrected chi connectivity index (χ0v) is 17.7. The normalized spacial score (nSPS) is 19.3. The summed E-state index contributed by atoms with van der Waals surface area (Å²) in [6.45, 7) is 6.27. The molecule has 1 aliphatic carbocycles. The van der Waals surface area contributed by atoms with Gasteiger partial charge in [0.2, 0.25) is 0 Å². The number of aryl methyl sites for hydroxylation is 2. The number of rotatable bonds is 4. The first-order chi connectivity index (χ1) is 12.3. The van der Waals surface area contributed by atoms with Gasteiger partial charge >= 0.3 is 5.97 Å². The van der Waals surface area contributed by atoms with Crippen LogP contribution < -0.4 is 5.73 Å². The number of nitrogens with two attached hydrogens (primary N) is 1. The van der Waals surface area contributed by atoms with E-state index in [9.17, 15) is 4.79 Å². The molecule has 1 atom stereocenters. The minimum absolute atomic E-state index is 0.149. The Balaban J connectivity index is 2.19. The standard InChI is InChI=1S/C20H24BrClN2O2/c1-4-26-17(25)11-20(23)9-5-6-14-15(22)10-16(19(21)18(14)20)24-12(2)7-8-13(24)3/h7-8,10H,4-6,9,11,23H2,1-3H3.